The molecule has 0 spiro atoms. The summed E-state index contributed by atoms with van der Waals surface area (Å²) in [6.45, 7) is 2.29. The van der Waals surface area contributed by atoms with E-state index in [9.17, 15) is 18.8 Å². The van der Waals surface area contributed by atoms with E-state index < -0.39 is 23.8 Å². The summed E-state index contributed by atoms with van der Waals surface area (Å²) in [5, 5.41) is 17.2. The van der Waals surface area contributed by atoms with Crippen LogP contribution in [0.3, 0.4) is 0 Å². The first-order chi connectivity index (χ1) is 21.2. The number of methoxy groups -OCH3 is 1. The number of anilines is 1. The molecule has 0 aliphatic carbocycles. The number of nitrogens with zero attached hydrogens (tertiary/aromatic N) is 6. The van der Waals surface area contributed by atoms with Crippen LogP contribution in [-0.4, -0.2) is 94.6 Å². The minimum Gasteiger partial charge on any atom is -0.481 e. The second kappa shape index (κ2) is 12.6. The number of piperazine rings is 1. The van der Waals surface area contributed by atoms with E-state index in [1.807, 2.05) is 10.3 Å². The Labute approximate surface area is 264 Å². The second-order valence-electron chi connectivity index (χ2n) is 10.4. The number of fused-ring (bicyclic) bond motifs is 1. The lowest BCUT2D eigenvalue weighted by Gasteiger charge is -2.38. The van der Waals surface area contributed by atoms with E-state index >= 15 is 0 Å². The Bertz CT molecular complexity index is 1660. The zero-order chi connectivity index (χ0) is 31.0. The van der Waals surface area contributed by atoms with Gasteiger partial charge in [0, 0.05) is 65.8 Å². The summed E-state index contributed by atoms with van der Waals surface area (Å²) >= 11 is 9.16. The van der Waals surface area contributed by atoms with Crippen molar-refractivity contribution in [2.75, 3.05) is 44.7 Å². The van der Waals surface area contributed by atoms with Crippen molar-refractivity contribution in [3.8, 4) is 0 Å². The predicted octanol–water partition coefficient (Wildman–Crippen LogP) is 3.55. The number of rotatable bonds is 9. The number of aliphatic imine (C=N–C) groups is 1. The van der Waals surface area contributed by atoms with Gasteiger partial charge in [-0.15, -0.1) is 22.7 Å². The van der Waals surface area contributed by atoms with Gasteiger partial charge >= 0.3 is 18.0 Å². The Kier molecular flexibility index (Phi) is 8.62. The molecule has 6 rings (SSSR count). The number of hydrogen-bond acceptors (Lipinski definition) is 11. The zero-order valence-electron chi connectivity index (χ0n) is 23.4. The highest BCUT2D eigenvalue weighted by molar-refractivity contribution is 7.14. The summed E-state index contributed by atoms with van der Waals surface area (Å²) in [6.07, 6.45) is 1.93. The van der Waals surface area contributed by atoms with E-state index in [1.165, 1.54) is 48.0 Å². The van der Waals surface area contributed by atoms with Crippen LogP contribution in [0.5, 0.6) is 0 Å². The number of aromatic nitrogens is 2. The fourth-order valence-electron chi connectivity index (χ4n) is 5.54. The molecule has 2 saturated heterocycles. The van der Waals surface area contributed by atoms with Gasteiger partial charge in [-0.2, -0.15) is 0 Å². The molecule has 44 heavy (non-hydrogen) atoms. The van der Waals surface area contributed by atoms with Crippen LogP contribution in [0.15, 0.2) is 51.4 Å². The quantitative estimate of drug-likeness (QED) is 0.330. The molecule has 2 N–H and O–H groups in total. The molecule has 2 amide bonds. The first kappa shape index (κ1) is 30.1. The summed E-state index contributed by atoms with van der Waals surface area (Å²) in [7, 11) is 1.29. The van der Waals surface area contributed by atoms with Crippen LogP contribution in [0.4, 0.5) is 14.3 Å². The molecule has 3 aliphatic rings. The highest BCUT2D eigenvalue weighted by atomic mass is 35.5. The molecule has 2 atom stereocenters. The van der Waals surface area contributed by atoms with E-state index in [0.717, 1.165) is 0 Å². The normalized spacial score (nSPS) is 20.4. The number of benzene rings is 1. The maximum Gasteiger partial charge on any atom is 0.338 e. The third-order valence-electron chi connectivity index (χ3n) is 7.61. The highest BCUT2D eigenvalue weighted by Gasteiger charge is 2.43. The molecule has 0 radical (unpaired) electrons. The molecular weight excluding hydrogens is 633 g/mol. The van der Waals surface area contributed by atoms with Crippen LogP contribution in [-0.2, 0) is 20.7 Å². The number of aliphatic carboxylic acids is 1. The highest BCUT2D eigenvalue weighted by Crippen LogP contribution is 2.37. The van der Waals surface area contributed by atoms with Gasteiger partial charge in [0.2, 0.25) is 0 Å². The van der Waals surface area contributed by atoms with E-state index in [0.29, 0.717) is 72.1 Å². The minimum absolute atomic E-state index is 0.0263. The van der Waals surface area contributed by atoms with Gasteiger partial charge < -0.3 is 20.1 Å². The molecule has 3 aliphatic heterocycles. The fourth-order valence-corrected chi connectivity index (χ4v) is 7.26. The number of hydrogen-bond donors (Lipinski definition) is 2. The van der Waals surface area contributed by atoms with Crippen molar-refractivity contribution in [2.45, 2.75) is 24.9 Å². The lowest BCUT2D eigenvalue weighted by Crippen LogP contribution is -2.53. The number of carbonyl (C=O) groups is 3. The summed E-state index contributed by atoms with van der Waals surface area (Å²) < 4.78 is 19.1. The largest absolute Gasteiger partial charge is 0.481 e. The monoisotopic (exact) mass is 659 g/mol. The minimum atomic E-state index is -0.899. The molecular formula is C28H27ClFN7O5S2. The van der Waals surface area contributed by atoms with Gasteiger partial charge in [-0.05, 0) is 12.1 Å². The van der Waals surface area contributed by atoms with E-state index in [-0.39, 0.29) is 29.1 Å². The summed E-state index contributed by atoms with van der Waals surface area (Å²) in [5.74, 6) is -1.54. The van der Waals surface area contributed by atoms with Gasteiger partial charge in [0.1, 0.15) is 11.9 Å². The topological polar surface area (TPSA) is 141 Å². The van der Waals surface area contributed by atoms with Gasteiger partial charge in [-0.25, -0.2) is 23.9 Å². The average molecular weight is 660 g/mol. The zero-order valence-corrected chi connectivity index (χ0v) is 25.8. The van der Waals surface area contributed by atoms with Crippen molar-refractivity contribution < 1.29 is 28.6 Å². The van der Waals surface area contributed by atoms with Gasteiger partial charge in [0.05, 0.1) is 37.4 Å². The number of aryl methyl sites for hydroxylation is 1. The Morgan fingerprint density at radius 1 is 1.25 bits per heavy atom. The number of amidine groups is 1. The Morgan fingerprint density at radius 2 is 2.09 bits per heavy atom. The molecule has 16 heteroatoms. The number of amides is 2. The SMILES string of the molecule is COC(=O)C1=C(CN2CCN3C(=O)N(c4nc(CCC(=O)O)cs4)C[C@@H]3C2)NC(c2nccs2)=N[C@H]1c1ccc(F)cc1Cl. The van der Waals surface area contributed by atoms with Crippen molar-refractivity contribution >= 4 is 63.2 Å². The number of thiazole rings is 2. The number of esters is 1. The van der Waals surface area contributed by atoms with Gasteiger partial charge in [-0.3, -0.25) is 19.6 Å². The summed E-state index contributed by atoms with van der Waals surface area (Å²) in [4.78, 5) is 56.8. The smallest absolute Gasteiger partial charge is 0.338 e. The Morgan fingerprint density at radius 3 is 2.82 bits per heavy atom. The summed E-state index contributed by atoms with van der Waals surface area (Å²) in [5.41, 5.74) is 1.91. The number of nitrogens with one attached hydrogen (secondary N) is 1. The molecule has 1 aromatic carbocycles. The Balaban J connectivity index is 1.25. The second-order valence-corrected chi connectivity index (χ2v) is 12.5. The molecule has 12 nitrogen and oxygen atoms in total. The van der Waals surface area contributed by atoms with Crippen LogP contribution in [0.25, 0.3) is 0 Å². The first-order valence-electron chi connectivity index (χ1n) is 13.7. The van der Waals surface area contributed by atoms with E-state index in [1.54, 1.807) is 16.5 Å². The van der Waals surface area contributed by atoms with Crippen LogP contribution in [0.2, 0.25) is 5.02 Å². The summed E-state index contributed by atoms with van der Waals surface area (Å²) in [6, 6.07) is 2.85. The molecule has 0 unspecified atom stereocenters. The maximum absolute atomic E-state index is 14.0. The van der Waals surface area contributed by atoms with E-state index in [4.69, 9.17) is 26.4 Å². The van der Waals surface area contributed by atoms with Crippen molar-refractivity contribution in [1.82, 2.24) is 25.1 Å². The standard InChI is InChI=1S/C28H27ClFN7O5S2/c1-42-26(40)22-20(33-24(25-31-6-9-43-25)34-23(22)18-4-2-15(30)10-19(18)29)13-35-7-8-36-17(11-35)12-37(28(36)41)27-32-16(14-44-27)3-5-21(38)39/h2,4,6,9-10,14,17,23H,3,5,7-8,11-13H2,1H3,(H,33,34)(H,38,39)/t17-,23-/m0/s1. The van der Waals surface area contributed by atoms with Crippen LogP contribution in [0.1, 0.15) is 28.7 Å². The fraction of sp³-hybridized carbons (Fsp3) is 0.357. The number of carbonyl (C=O) groups excluding carboxylic acids is 2. The maximum atomic E-state index is 14.0. The molecule has 2 aromatic heterocycles. The molecule has 3 aromatic rings. The lowest BCUT2D eigenvalue weighted by atomic mass is 9.95. The van der Waals surface area contributed by atoms with E-state index in [2.05, 4.69) is 20.2 Å². The van der Waals surface area contributed by atoms with Gasteiger partial charge in [0.15, 0.2) is 16.0 Å². The third kappa shape index (κ3) is 6.04. The molecule has 0 bridgehead atoms. The van der Waals surface area contributed by atoms with Crippen LogP contribution in [0, 0.1) is 5.82 Å². The number of halogens is 2. The van der Waals surface area contributed by atoms with Crippen LogP contribution >= 0.6 is 34.3 Å². The number of ether oxygens (including phenoxy) is 1. The number of urea groups is 1. The lowest BCUT2D eigenvalue weighted by molar-refractivity contribution is -0.137. The van der Waals surface area contributed by atoms with Crippen molar-refractivity contribution in [3.63, 3.8) is 0 Å². The van der Waals surface area contributed by atoms with Crippen molar-refractivity contribution in [1.29, 1.82) is 0 Å². The van der Waals surface area contributed by atoms with Gasteiger partial charge in [0.25, 0.3) is 0 Å². The molecule has 0 saturated carbocycles. The molecule has 2 fully saturated rings. The number of carboxylic acid groups (broad SMARTS) is 1. The van der Waals surface area contributed by atoms with Gasteiger partial charge in [-0.1, -0.05) is 17.7 Å². The third-order valence-corrected chi connectivity index (χ3v) is 9.63. The molecule has 230 valence electrons. The van der Waals surface area contributed by atoms with Crippen LogP contribution < -0.4 is 10.2 Å². The van der Waals surface area contributed by atoms with Crippen molar-refractivity contribution in [3.05, 3.63) is 73.5 Å². The average Bonchev–Trinajstić information content (AvgIpc) is 3.76. The Hall–Kier alpha value is -3.92. The van der Waals surface area contributed by atoms with Crippen molar-refractivity contribution in [2.24, 2.45) is 4.99 Å². The predicted molar refractivity (Wildman–Crippen MR) is 163 cm³/mol. The first-order valence-corrected chi connectivity index (χ1v) is 15.8. The molecule has 5 heterocycles. The number of carboxylic acids is 1.